The van der Waals surface area contributed by atoms with Gasteiger partial charge in [-0.2, -0.15) is 0 Å². The van der Waals surface area contributed by atoms with E-state index in [1.807, 2.05) is 0 Å². The number of allylic oxidation sites excluding steroid dienone is 1. The minimum atomic E-state index is -0.0815. The Morgan fingerprint density at radius 2 is 2.06 bits per heavy atom. The summed E-state index contributed by atoms with van der Waals surface area (Å²) in [4.78, 5) is 23.3. The van der Waals surface area contributed by atoms with Gasteiger partial charge in [0.05, 0.1) is 10.9 Å². The summed E-state index contributed by atoms with van der Waals surface area (Å²) in [5.74, 6) is 0.548. The number of rotatable bonds is 3. The number of carbonyl (C=O) groups is 1. The number of carbonyl (C=O) groups excluding carboxylic acids is 1. The topological polar surface area (TPSA) is 47.3 Å². The van der Waals surface area contributed by atoms with Gasteiger partial charge < -0.3 is 4.42 Å². The van der Waals surface area contributed by atoms with Gasteiger partial charge in [0.2, 0.25) is 0 Å². The molecule has 92 valence electrons. The lowest BCUT2D eigenvalue weighted by Crippen LogP contribution is -2.09. The normalized spacial score (nSPS) is 10.6. The van der Waals surface area contributed by atoms with Gasteiger partial charge in [0.1, 0.15) is 11.3 Å². The molecule has 0 atom stereocenters. The van der Waals surface area contributed by atoms with E-state index >= 15 is 0 Å². The van der Waals surface area contributed by atoms with Crippen molar-refractivity contribution < 1.29 is 9.21 Å². The molecule has 2 rings (SSSR count). The summed E-state index contributed by atoms with van der Waals surface area (Å²) in [6.45, 7) is 7.10. The van der Waals surface area contributed by atoms with Gasteiger partial charge in [0, 0.05) is 5.56 Å². The Kier molecular flexibility index (Phi) is 3.15. The van der Waals surface area contributed by atoms with Crippen LogP contribution in [0.15, 0.2) is 34.0 Å². The molecule has 1 heterocycles. The van der Waals surface area contributed by atoms with Gasteiger partial charge in [-0.1, -0.05) is 12.1 Å². The van der Waals surface area contributed by atoms with Crippen molar-refractivity contribution in [3.05, 3.63) is 57.5 Å². The van der Waals surface area contributed by atoms with Crippen LogP contribution < -0.4 is 5.43 Å². The van der Waals surface area contributed by atoms with Crippen LogP contribution in [-0.2, 0) is 6.42 Å². The standard InChI is InChI=1S/C15H14O3/c1-4-5-11-6-7-12-14(17)9(2)10(3)18-15(12)13(11)8-16/h4,6-8H,1,5H2,2-3H3. The van der Waals surface area contributed by atoms with Gasteiger partial charge in [-0.3, -0.25) is 9.59 Å². The molecular weight excluding hydrogens is 228 g/mol. The second-order valence-corrected chi connectivity index (χ2v) is 4.24. The fourth-order valence-electron chi connectivity index (χ4n) is 1.98. The highest BCUT2D eigenvalue weighted by Gasteiger charge is 2.13. The highest BCUT2D eigenvalue weighted by atomic mass is 16.3. The van der Waals surface area contributed by atoms with Gasteiger partial charge >= 0.3 is 0 Å². The van der Waals surface area contributed by atoms with Crippen molar-refractivity contribution in [2.75, 3.05) is 0 Å². The van der Waals surface area contributed by atoms with Crippen LogP contribution in [0.4, 0.5) is 0 Å². The first-order valence-corrected chi connectivity index (χ1v) is 5.72. The summed E-state index contributed by atoms with van der Waals surface area (Å²) >= 11 is 0. The Hall–Kier alpha value is -2.16. The largest absolute Gasteiger partial charge is 0.460 e. The van der Waals surface area contributed by atoms with E-state index in [9.17, 15) is 9.59 Å². The summed E-state index contributed by atoms with van der Waals surface area (Å²) in [5.41, 5.74) is 2.13. The fraction of sp³-hybridized carbons (Fsp3) is 0.200. The molecule has 0 amide bonds. The van der Waals surface area contributed by atoms with E-state index < -0.39 is 0 Å². The molecule has 0 radical (unpaired) electrons. The molecule has 2 aromatic rings. The molecule has 0 saturated heterocycles. The first-order valence-electron chi connectivity index (χ1n) is 5.72. The van der Waals surface area contributed by atoms with Crippen molar-refractivity contribution in [3.63, 3.8) is 0 Å². The summed E-state index contributed by atoms with van der Waals surface area (Å²) in [5, 5.41) is 0.452. The van der Waals surface area contributed by atoms with Crippen LogP contribution in [0.1, 0.15) is 27.2 Å². The molecule has 0 aliphatic heterocycles. The molecule has 0 saturated carbocycles. The van der Waals surface area contributed by atoms with Crippen LogP contribution in [0, 0.1) is 13.8 Å². The molecule has 0 aliphatic rings. The van der Waals surface area contributed by atoms with Crippen molar-refractivity contribution in [3.8, 4) is 0 Å². The zero-order valence-electron chi connectivity index (χ0n) is 10.4. The van der Waals surface area contributed by atoms with Gasteiger partial charge in [0.25, 0.3) is 0 Å². The number of fused-ring (bicyclic) bond motifs is 1. The molecule has 0 unspecified atom stereocenters. The second kappa shape index (κ2) is 4.61. The zero-order valence-corrected chi connectivity index (χ0v) is 10.4. The number of hydrogen-bond acceptors (Lipinski definition) is 3. The Bertz CT molecular complexity index is 693. The minimum Gasteiger partial charge on any atom is -0.460 e. The van der Waals surface area contributed by atoms with E-state index in [2.05, 4.69) is 6.58 Å². The van der Waals surface area contributed by atoms with Crippen LogP contribution >= 0.6 is 0 Å². The van der Waals surface area contributed by atoms with Gasteiger partial charge in [-0.15, -0.1) is 6.58 Å². The van der Waals surface area contributed by atoms with Crippen molar-refractivity contribution in [2.24, 2.45) is 0 Å². The van der Waals surface area contributed by atoms with E-state index in [-0.39, 0.29) is 5.43 Å². The molecule has 0 fully saturated rings. The average molecular weight is 242 g/mol. The smallest absolute Gasteiger partial charge is 0.195 e. The quantitative estimate of drug-likeness (QED) is 0.614. The number of aldehydes is 1. The van der Waals surface area contributed by atoms with E-state index in [0.29, 0.717) is 34.3 Å². The number of aryl methyl sites for hydroxylation is 1. The number of benzene rings is 1. The van der Waals surface area contributed by atoms with E-state index in [0.717, 1.165) is 11.8 Å². The average Bonchev–Trinajstić information content (AvgIpc) is 2.36. The molecule has 0 aliphatic carbocycles. The highest BCUT2D eigenvalue weighted by molar-refractivity contribution is 5.96. The Morgan fingerprint density at radius 1 is 1.33 bits per heavy atom. The summed E-state index contributed by atoms with van der Waals surface area (Å²) in [7, 11) is 0. The lowest BCUT2D eigenvalue weighted by molar-refractivity contribution is 0.112. The third kappa shape index (κ3) is 1.78. The van der Waals surface area contributed by atoms with Gasteiger partial charge in [-0.25, -0.2) is 0 Å². The monoisotopic (exact) mass is 242 g/mol. The maximum Gasteiger partial charge on any atom is 0.195 e. The van der Waals surface area contributed by atoms with Crippen LogP contribution in [0.3, 0.4) is 0 Å². The maximum absolute atomic E-state index is 12.1. The van der Waals surface area contributed by atoms with Gasteiger partial charge in [-0.05, 0) is 31.9 Å². The molecule has 0 N–H and O–H groups in total. The first kappa shape index (κ1) is 12.3. The Labute approximate surface area is 105 Å². The van der Waals surface area contributed by atoms with Crippen molar-refractivity contribution in [2.45, 2.75) is 20.3 Å². The maximum atomic E-state index is 12.1. The molecule has 18 heavy (non-hydrogen) atoms. The fourth-order valence-corrected chi connectivity index (χ4v) is 1.98. The highest BCUT2D eigenvalue weighted by Crippen LogP contribution is 2.22. The first-order chi connectivity index (χ1) is 8.60. The molecule has 3 nitrogen and oxygen atoms in total. The number of hydrogen-bond donors (Lipinski definition) is 0. The van der Waals surface area contributed by atoms with Crippen molar-refractivity contribution >= 4 is 17.3 Å². The SMILES string of the molecule is C=CCc1ccc2c(=O)c(C)c(C)oc2c1C=O. The minimum absolute atomic E-state index is 0.0815. The van der Waals surface area contributed by atoms with E-state index in [1.54, 1.807) is 32.1 Å². The van der Waals surface area contributed by atoms with Crippen molar-refractivity contribution in [1.82, 2.24) is 0 Å². The predicted octanol–water partition coefficient (Wildman–Crippen LogP) is 2.95. The molecule has 0 bridgehead atoms. The summed E-state index contributed by atoms with van der Waals surface area (Å²) < 4.78 is 5.62. The molecule has 0 spiro atoms. The summed E-state index contributed by atoms with van der Waals surface area (Å²) in [6, 6.07) is 3.48. The molecule has 3 heteroatoms. The molecule has 1 aromatic heterocycles. The third-order valence-corrected chi connectivity index (χ3v) is 3.14. The predicted molar refractivity (Wildman–Crippen MR) is 71.2 cm³/mol. The van der Waals surface area contributed by atoms with Crippen LogP contribution in [0.5, 0.6) is 0 Å². The lowest BCUT2D eigenvalue weighted by Gasteiger charge is -2.08. The second-order valence-electron chi connectivity index (χ2n) is 4.24. The van der Waals surface area contributed by atoms with Gasteiger partial charge in [0.15, 0.2) is 11.7 Å². The van der Waals surface area contributed by atoms with Crippen LogP contribution in [0.2, 0.25) is 0 Å². The summed E-state index contributed by atoms with van der Waals surface area (Å²) in [6.07, 6.45) is 3.02. The van der Waals surface area contributed by atoms with E-state index in [1.165, 1.54) is 0 Å². The van der Waals surface area contributed by atoms with Crippen LogP contribution in [-0.4, -0.2) is 6.29 Å². The van der Waals surface area contributed by atoms with E-state index in [4.69, 9.17) is 4.42 Å². The molecule has 1 aromatic carbocycles. The molecular formula is C15H14O3. The van der Waals surface area contributed by atoms with Crippen molar-refractivity contribution in [1.29, 1.82) is 0 Å². The zero-order chi connectivity index (χ0) is 13.3. The Balaban J connectivity index is 2.93. The third-order valence-electron chi connectivity index (χ3n) is 3.14. The lowest BCUT2D eigenvalue weighted by atomic mass is 10.0. The Morgan fingerprint density at radius 3 is 2.67 bits per heavy atom. The van der Waals surface area contributed by atoms with Crippen LogP contribution in [0.25, 0.3) is 11.0 Å².